The molecule has 1 atom stereocenters. The molecule has 0 N–H and O–H groups in total. The molecule has 0 aliphatic rings. The van der Waals surface area contributed by atoms with Crippen LogP contribution in [0.3, 0.4) is 0 Å². The molecular formula is C13H12BrClFN3. The van der Waals surface area contributed by atoms with Gasteiger partial charge in [0.15, 0.2) is 0 Å². The number of rotatable bonds is 3. The van der Waals surface area contributed by atoms with Crippen molar-refractivity contribution in [2.45, 2.75) is 13.0 Å². The summed E-state index contributed by atoms with van der Waals surface area (Å²) in [7, 11) is 1.83. The van der Waals surface area contributed by atoms with Crippen molar-refractivity contribution in [3.63, 3.8) is 0 Å². The molecule has 3 nitrogen and oxygen atoms in total. The SMILES string of the molecule is CC(c1ccccc1F)N(C)c1ncnc(Cl)c1Br. The van der Waals surface area contributed by atoms with E-state index in [1.54, 1.807) is 12.1 Å². The second kappa shape index (κ2) is 5.84. The molecule has 1 heterocycles. The van der Waals surface area contributed by atoms with Crippen LogP contribution in [0.1, 0.15) is 18.5 Å². The lowest BCUT2D eigenvalue weighted by Crippen LogP contribution is -2.24. The first-order valence-corrected chi connectivity index (χ1v) is 6.82. The standard InChI is InChI=1S/C13H12BrClFN3/c1-8(9-5-3-4-6-10(9)16)19(2)13-11(14)12(15)17-7-18-13/h3-8H,1-2H3. The third-order valence-electron chi connectivity index (χ3n) is 3.00. The van der Waals surface area contributed by atoms with E-state index in [4.69, 9.17) is 11.6 Å². The van der Waals surface area contributed by atoms with Crippen molar-refractivity contribution in [3.05, 3.63) is 51.6 Å². The first-order valence-electron chi connectivity index (χ1n) is 5.65. The molecule has 0 saturated heterocycles. The Balaban J connectivity index is 2.37. The van der Waals surface area contributed by atoms with Gasteiger partial charge in [-0.1, -0.05) is 29.8 Å². The molecule has 0 saturated carbocycles. The summed E-state index contributed by atoms with van der Waals surface area (Å²) in [5, 5.41) is 0.331. The molecule has 0 spiro atoms. The van der Waals surface area contributed by atoms with Crippen molar-refractivity contribution in [3.8, 4) is 0 Å². The van der Waals surface area contributed by atoms with Crippen LogP contribution in [-0.2, 0) is 0 Å². The number of halogens is 3. The van der Waals surface area contributed by atoms with Crippen molar-refractivity contribution in [1.82, 2.24) is 9.97 Å². The normalized spacial score (nSPS) is 12.3. The van der Waals surface area contributed by atoms with Crippen LogP contribution in [0.15, 0.2) is 35.1 Å². The molecular weight excluding hydrogens is 333 g/mol. The van der Waals surface area contributed by atoms with Gasteiger partial charge in [-0.3, -0.25) is 0 Å². The molecule has 2 rings (SSSR count). The summed E-state index contributed by atoms with van der Waals surface area (Å²) in [6.45, 7) is 1.90. The van der Waals surface area contributed by atoms with Crippen molar-refractivity contribution in [2.75, 3.05) is 11.9 Å². The summed E-state index contributed by atoms with van der Waals surface area (Å²) in [6.07, 6.45) is 1.38. The zero-order valence-corrected chi connectivity index (χ0v) is 12.8. The molecule has 0 amide bonds. The lowest BCUT2D eigenvalue weighted by molar-refractivity contribution is 0.584. The molecule has 100 valence electrons. The van der Waals surface area contributed by atoms with E-state index in [9.17, 15) is 4.39 Å². The fourth-order valence-electron chi connectivity index (χ4n) is 1.79. The fraction of sp³-hybridized carbons (Fsp3) is 0.231. The van der Waals surface area contributed by atoms with Gasteiger partial charge in [0.1, 0.15) is 23.1 Å². The Morgan fingerprint density at radius 3 is 2.68 bits per heavy atom. The van der Waals surface area contributed by atoms with Crippen LogP contribution in [0.4, 0.5) is 10.2 Å². The summed E-state index contributed by atoms with van der Waals surface area (Å²) in [4.78, 5) is 9.90. The van der Waals surface area contributed by atoms with Crippen LogP contribution in [0.25, 0.3) is 0 Å². The summed E-state index contributed by atoms with van der Waals surface area (Å²) < 4.78 is 14.4. The van der Waals surface area contributed by atoms with E-state index in [1.807, 2.05) is 24.9 Å². The van der Waals surface area contributed by atoms with Crippen LogP contribution in [0.2, 0.25) is 5.15 Å². The van der Waals surface area contributed by atoms with E-state index in [0.29, 0.717) is 21.0 Å². The third kappa shape index (κ3) is 2.87. The van der Waals surface area contributed by atoms with E-state index in [-0.39, 0.29) is 11.9 Å². The number of hydrogen-bond acceptors (Lipinski definition) is 3. The minimum atomic E-state index is -0.238. The molecule has 19 heavy (non-hydrogen) atoms. The van der Waals surface area contributed by atoms with Gasteiger partial charge >= 0.3 is 0 Å². The molecule has 0 aliphatic heterocycles. The van der Waals surface area contributed by atoms with Crippen molar-refractivity contribution < 1.29 is 4.39 Å². The lowest BCUT2D eigenvalue weighted by Gasteiger charge is -2.27. The van der Waals surface area contributed by atoms with Gasteiger partial charge in [0.25, 0.3) is 0 Å². The van der Waals surface area contributed by atoms with Crippen LogP contribution in [0, 0.1) is 5.82 Å². The Kier molecular flexibility index (Phi) is 4.37. The van der Waals surface area contributed by atoms with Gasteiger partial charge in [0.2, 0.25) is 0 Å². The predicted octanol–water partition coefficient (Wildman–Crippen LogP) is 4.23. The topological polar surface area (TPSA) is 29.0 Å². The molecule has 0 bridgehead atoms. The lowest BCUT2D eigenvalue weighted by atomic mass is 10.1. The van der Waals surface area contributed by atoms with Gasteiger partial charge in [0.05, 0.1) is 10.5 Å². The second-order valence-electron chi connectivity index (χ2n) is 4.11. The maximum Gasteiger partial charge on any atom is 0.148 e. The average Bonchev–Trinajstić information content (AvgIpc) is 2.41. The minimum Gasteiger partial charge on any atom is -0.352 e. The van der Waals surface area contributed by atoms with E-state index in [0.717, 1.165) is 0 Å². The predicted molar refractivity (Wildman–Crippen MR) is 78.0 cm³/mol. The van der Waals surface area contributed by atoms with Crippen molar-refractivity contribution in [1.29, 1.82) is 0 Å². The zero-order valence-electron chi connectivity index (χ0n) is 10.4. The molecule has 6 heteroatoms. The van der Waals surface area contributed by atoms with Crippen molar-refractivity contribution >= 4 is 33.3 Å². The van der Waals surface area contributed by atoms with E-state index < -0.39 is 0 Å². The first kappa shape index (κ1) is 14.2. The highest BCUT2D eigenvalue weighted by Crippen LogP contribution is 2.33. The maximum absolute atomic E-state index is 13.8. The molecule has 0 fully saturated rings. The number of anilines is 1. The van der Waals surface area contributed by atoms with Gasteiger partial charge in [-0.15, -0.1) is 0 Å². The Morgan fingerprint density at radius 2 is 2.00 bits per heavy atom. The molecule has 1 unspecified atom stereocenters. The summed E-state index contributed by atoms with van der Waals surface area (Å²) >= 11 is 9.29. The van der Waals surface area contributed by atoms with Crippen LogP contribution < -0.4 is 4.90 Å². The van der Waals surface area contributed by atoms with Crippen LogP contribution >= 0.6 is 27.5 Å². The monoisotopic (exact) mass is 343 g/mol. The highest BCUT2D eigenvalue weighted by Gasteiger charge is 2.19. The molecule has 0 radical (unpaired) electrons. The van der Waals surface area contributed by atoms with E-state index >= 15 is 0 Å². The van der Waals surface area contributed by atoms with Gasteiger partial charge in [-0.2, -0.15) is 0 Å². The third-order valence-corrected chi connectivity index (χ3v) is 4.24. The number of aromatic nitrogens is 2. The quantitative estimate of drug-likeness (QED) is 0.780. The second-order valence-corrected chi connectivity index (χ2v) is 5.26. The average molecular weight is 345 g/mol. The highest BCUT2D eigenvalue weighted by molar-refractivity contribution is 9.10. The van der Waals surface area contributed by atoms with Crippen LogP contribution in [0.5, 0.6) is 0 Å². The fourth-order valence-corrected chi connectivity index (χ4v) is 2.40. The maximum atomic E-state index is 13.8. The molecule has 2 aromatic rings. The Bertz CT molecular complexity index is 594. The largest absolute Gasteiger partial charge is 0.352 e. The van der Waals surface area contributed by atoms with Crippen LogP contribution in [-0.4, -0.2) is 17.0 Å². The van der Waals surface area contributed by atoms with E-state index in [2.05, 4.69) is 25.9 Å². The molecule has 1 aromatic heterocycles. The zero-order chi connectivity index (χ0) is 14.0. The van der Waals surface area contributed by atoms with Gasteiger partial charge < -0.3 is 4.90 Å². The van der Waals surface area contributed by atoms with E-state index in [1.165, 1.54) is 12.4 Å². The number of benzene rings is 1. The molecule has 0 aliphatic carbocycles. The first-order chi connectivity index (χ1) is 9.02. The molecule has 1 aromatic carbocycles. The Hall–Kier alpha value is -1.20. The summed E-state index contributed by atoms with van der Waals surface area (Å²) in [6, 6.07) is 6.51. The number of nitrogens with zero attached hydrogens (tertiary/aromatic N) is 3. The van der Waals surface area contributed by atoms with Gasteiger partial charge in [-0.05, 0) is 28.9 Å². The van der Waals surface area contributed by atoms with Crippen molar-refractivity contribution in [2.24, 2.45) is 0 Å². The van der Waals surface area contributed by atoms with Gasteiger partial charge in [0, 0.05) is 12.6 Å². The Morgan fingerprint density at radius 1 is 1.32 bits per heavy atom. The minimum absolute atomic E-state index is 0.177. The summed E-state index contributed by atoms with van der Waals surface area (Å²) in [5.41, 5.74) is 0.603. The Labute approximate surface area is 124 Å². The summed E-state index contributed by atoms with van der Waals surface area (Å²) in [5.74, 6) is 0.383. The smallest absolute Gasteiger partial charge is 0.148 e. The highest BCUT2D eigenvalue weighted by atomic mass is 79.9. The number of hydrogen-bond donors (Lipinski definition) is 0. The van der Waals surface area contributed by atoms with Gasteiger partial charge in [-0.25, -0.2) is 14.4 Å².